The molecule has 0 N–H and O–H groups in total. The van der Waals surface area contributed by atoms with Crippen LogP contribution in [0.25, 0.3) is 0 Å². The van der Waals surface area contributed by atoms with Crippen LogP contribution in [0, 0.1) is 12.3 Å². The quantitative estimate of drug-likeness (QED) is 0.653. The number of halogens is 1. The molecule has 0 aliphatic heterocycles. The van der Waals surface area contributed by atoms with Crippen LogP contribution in [0.5, 0.6) is 0 Å². The van der Waals surface area contributed by atoms with E-state index in [0.717, 1.165) is 17.2 Å². The number of hydrogen-bond acceptors (Lipinski definition) is 1. The summed E-state index contributed by atoms with van der Waals surface area (Å²) in [5.41, 5.74) is 0. The van der Waals surface area contributed by atoms with Gasteiger partial charge in [-0.25, -0.2) is 0 Å². The fourth-order valence-electron chi connectivity index (χ4n) is 1.38. The van der Waals surface area contributed by atoms with Gasteiger partial charge >= 0.3 is 0 Å². The summed E-state index contributed by atoms with van der Waals surface area (Å²) in [6.45, 7) is 2.18. The van der Waals surface area contributed by atoms with Crippen molar-refractivity contribution in [3.8, 4) is 12.3 Å². The molecule has 1 aromatic heterocycles. The first kappa shape index (κ1) is 10.6. The third kappa shape index (κ3) is 3.06. The summed E-state index contributed by atoms with van der Waals surface area (Å²) in [5.74, 6) is 3.23. The monoisotopic (exact) mass is 212 g/mol. The summed E-state index contributed by atoms with van der Waals surface area (Å²) in [7, 11) is 0. The average Bonchev–Trinajstić information content (AvgIpc) is 2.51. The first-order chi connectivity index (χ1) is 6.27. The Morgan fingerprint density at radius 3 is 2.85 bits per heavy atom. The smallest absolute Gasteiger partial charge is 0.0931 e. The SMILES string of the molecule is C#CCC(CCC)c1ccc(Cl)s1. The van der Waals surface area contributed by atoms with Gasteiger partial charge in [-0.15, -0.1) is 23.7 Å². The molecule has 2 heteroatoms. The zero-order chi connectivity index (χ0) is 9.68. The first-order valence-corrected chi connectivity index (χ1v) is 5.66. The van der Waals surface area contributed by atoms with Gasteiger partial charge in [0.15, 0.2) is 0 Å². The van der Waals surface area contributed by atoms with Gasteiger partial charge in [0.05, 0.1) is 4.34 Å². The molecule has 1 heterocycles. The van der Waals surface area contributed by atoms with Gasteiger partial charge in [0.1, 0.15) is 0 Å². The summed E-state index contributed by atoms with van der Waals surface area (Å²) >= 11 is 7.52. The average molecular weight is 213 g/mol. The predicted molar refractivity (Wildman–Crippen MR) is 60.4 cm³/mol. The highest BCUT2D eigenvalue weighted by Crippen LogP contribution is 2.32. The number of thiophene rings is 1. The zero-order valence-corrected chi connectivity index (χ0v) is 9.29. The van der Waals surface area contributed by atoms with E-state index in [-0.39, 0.29) is 0 Å². The summed E-state index contributed by atoms with van der Waals surface area (Å²) in [4.78, 5) is 1.32. The summed E-state index contributed by atoms with van der Waals surface area (Å²) in [6, 6.07) is 4.03. The fourth-order valence-corrected chi connectivity index (χ4v) is 2.58. The molecule has 0 aromatic carbocycles. The van der Waals surface area contributed by atoms with Crippen LogP contribution in [-0.4, -0.2) is 0 Å². The molecule has 1 rings (SSSR count). The van der Waals surface area contributed by atoms with Crippen molar-refractivity contribution in [3.05, 3.63) is 21.3 Å². The van der Waals surface area contributed by atoms with E-state index in [0.29, 0.717) is 5.92 Å². The van der Waals surface area contributed by atoms with Crippen LogP contribution >= 0.6 is 22.9 Å². The molecule has 0 aliphatic rings. The molecule has 1 atom stereocenters. The molecule has 1 aromatic rings. The Morgan fingerprint density at radius 1 is 1.62 bits per heavy atom. The van der Waals surface area contributed by atoms with Gasteiger partial charge in [-0.1, -0.05) is 24.9 Å². The molecule has 0 amide bonds. The van der Waals surface area contributed by atoms with Gasteiger partial charge in [-0.05, 0) is 18.6 Å². The molecule has 70 valence electrons. The Kier molecular flexibility index (Phi) is 4.35. The van der Waals surface area contributed by atoms with Crippen molar-refractivity contribution in [1.82, 2.24) is 0 Å². The molecule has 1 unspecified atom stereocenters. The third-order valence-electron chi connectivity index (χ3n) is 2.00. The van der Waals surface area contributed by atoms with Gasteiger partial charge < -0.3 is 0 Å². The van der Waals surface area contributed by atoms with Crippen LogP contribution in [-0.2, 0) is 0 Å². The second kappa shape index (κ2) is 5.32. The third-order valence-corrected chi connectivity index (χ3v) is 3.39. The van der Waals surface area contributed by atoms with Gasteiger partial charge in [-0.3, -0.25) is 0 Å². The Labute approximate surface area is 88.9 Å². The maximum Gasteiger partial charge on any atom is 0.0931 e. The standard InChI is InChI=1S/C11H13ClS/c1-3-5-9(6-4-2)10-7-8-11(12)13-10/h1,7-9H,4-6H2,2H3. The molecule has 13 heavy (non-hydrogen) atoms. The Hall–Kier alpha value is -0.450. The number of terminal acetylenes is 1. The fraction of sp³-hybridized carbons (Fsp3) is 0.455. The van der Waals surface area contributed by atoms with Gasteiger partial charge in [-0.2, -0.15) is 0 Å². The first-order valence-electron chi connectivity index (χ1n) is 4.46. The van der Waals surface area contributed by atoms with Crippen molar-refractivity contribution in [2.75, 3.05) is 0 Å². The van der Waals surface area contributed by atoms with Crippen molar-refractivity contribution in [3.63, 3.8) is 0 Å². The largest absolute Gasteiger partial charge is 0.128 e. The van der Waals surface area contributed by atoms with Crippen molar-refractivity contribution in [2.24, 2.45) is 0 Å². The lowest BCUT2D eigenvalue weighted by molar-refractivity contribution is 0.638. The Morgan fingerprint density at radius 2 is 2.38 bits per heavy atom. The van der Waals surface area contributed by atoms with E-state index in [1.54, 1.807) is 11.3 Å². The van der Waals surface area contributed by atoms with Crippen molar-refractivity contribution in [1.29, 1.82) is 0 Å². The molecule has 0 bridgehead atoms. The lowest BCUT2D eigenvalue weighted by atomic mass is 9.99. The van der Waals surface area contributed by atoms with E-state index in [1.165, 1.54) is 11.3 Å². The number of hydrogen-bond donors (Lipinski definition) is 0. The highest BCUT2D eigenvalue weighted by molar-refractivity contribution is 7.16. The predicted octanol–water partition coefficient (Wildman–Crippen LogP) is 4.31. The summed E-state index contributed by atoms with van der Waals surface area (Å²) in [5, 5.41) is 0. The molecule has 0 radical (unpaired) electrons. The van der Waals surface area contributed by atoms with Crippen LogP contribution in [0.15, 0.2) is 12.1 Å². The lowest BCUT2D eigenvalue weighted by Gasteiger charge is -2.09. The van der Waals surface area contributed by atoms with E-state index in [2.05, 4.69) is 18.9 Å². The second-order valence-corrected chi connectivity index (χ2v) is 4.78. The van der Waals surface area contributed by atoms with Gasteiger partial charge in [0.25, 0.3) is 0 Å². The molecular formula is C11H13ClS. The lowest BCUT2D eigenvalue weighted by Crippen LogP contribution is -1.93. The van der Waals surface area contributed by atoms with E-state index in [9.17, 15) is 0 Å². The van der Waals surface area contributed by atoms with Crippen LogP contribution < -0.4 is 0 Å². The van der Waals surface area contributed by atoms with Crippen LogP contribution in [0.2, 0.25) is 4.34 Å². The minimum Gasteiger partial charge on any atom is -0.128 e. The van der Waals surface area contributed by atoms with Crippen molar-refractivity contribution >= 4 is 22.9 Å². The minimum atomic E-state index is 0.507. The van der Waals surface area contributed by atoms with Gasteiger partial charge in [0.2, 0.25) is 0 Å². The highest BCUT2D eigenvalue weighted by Gasteiger charge is 2.11. The van der Waals surface area contributed by atoms with E-state index >= 15 is 0 Å². The van der Waals surface area contributed by atoms with E-state index in [4.69, 9.17) is 18.0 Å². The molecule has 0 spiro atoms. The van der Waals surface area contributed by atoms with Crippen molar-refractivity contribution < 1.29 is 0 Å². The number of rotatable bonds is 4. The van der Waals surface area contributed by atoms with E-state index < -0.39 is 0 Å². The summed E-state index contributed by atoms with van der Waals surface area (Å²) in [6.07, 6.45) is 8.47. The Balaban J connectivity index is 2.70. The van der Waals surface area contributed by atoms with Crippen LogP contribution in [0.3, 0.4) is 0 Å². The minimum absolute atomic E-state index is 0.507. The van der Waals surface area contributed by atoms with Crippen LogP contribution in [0.4, 0.5) is 0 Å². The zero-order valence-electron chi connectivity index (χ0n) is 7.72. The maximum atomic E-state index is 5.87. The topological polar surface area (TPSA) is 0 Å². The van der Waals surface area contributed by atoms with Crippen LogP contribution in [0.1, 0.15) is 37.0 Å². The normalized spacial score (nSPS) is 12.4. The van der Waals surface area contributed by atoms with Gasteiger partial charge in [0, 0.05) is 17.2 Å². The Bertz CT molecular complexity index is 295. The van der Waals surface area contributed by atoms with E-state index in [1.807, 2.05) is 6.07 Å². The molecule has 0 fully saturated rings. The maximum absolute atomic E-state index is 5.87. The second-order valence-electron chi connectivity index (χ2n) is 3.04. The summed E-state index contributed by atoms with van der Waals surface area (Å²) < 4.78 is 0.855. The molecule has 0 saturated heterocycles. The molecule has 0 saturated carbocycles. The molecule has 0 aliphatic carbocycles. The molecule has 0 nitrogen and oxygen atoms in total. The molecular weight excluding hydrogens is 200 g/mol. The highest BCUT2D eigenvalue weighted by atomic mass is 35.5. The van der Waals surface area contributed by atoms with Crippen molar-refractivity contribution in [2.45, 2.75) is 32.1 Å².